The van der Waals surface area contributed by atoms with E-state index in [-0.39, 0.29) is 0 Å². The Balaban J connectivity index is 2.68. The number of hydrogen-bond acceptors (Lipinski definition) is 2. The van der Waals surface area contributed by atoms with Gasteiger partial charge >= 0.3 is 0 Å². The van der Waals surface area contributed by atoms with Crippen molar-refractivity contribution in [2.75, 3.05) is 12.8 Å². The first kappa shape index (κ1) is 12.1. The van der Waals surface area contributed by atoms with Gasteiger partial charge in [-0.3, -0.25) is 0 Å². The van der Waals surface area contributed by atoms with E-state index in [1.54, 1.807) is 0 Å². The third kappa shape index (κ3) is 2.34. The minimum Gasteiger partial charge on any atom is -0.247 e. The maximum Gasteiger partial charge on any atom is 0.0234 e. The van der Waals surface area contributed by atoms with Crippen molar-refractivity contribution in [1.29, 1.82) is 0 Å². The van der Waals surface area contributed by atoms with Crippen molar-refractivity contribution >= 4 is 11.9 Å². The van der Waals surface area contributed by atoms with E-state index in [1.807, 2.05) is 11.9 Å². The molecule has 1 aliphatic heterocycles. The van der Waals surface area contributed by atoms with Crippen LogP contribution in [0.15, 0.2) is 12.2 Å². The third-order valence-electron chi connectivity index (χ3n) is 3.44. The third-order valence-corrected chi connectivity index (χ3v) is 4.33. The Morgan fingerprint density at radius 3 is 2.64 bits per heavy atom. The molecule has 0 aromatic carbocycles. The number of rotatable bonds is 4. The normalized spacial score (nSPS) is 33.6. The van der Waals surface area contributed by atoms with Crippen LogP contribution >= 0.6 is 11.9 Å². The first-order chi connectivity index (χ1) is 6.61. The predicted molar refractivity (Wildman–Crippen MR) is 66.4 cm³/mol. The van der Waals surface area contributed by atoms with Gasteiger partial charge in [0.2, 0.25) is 0 Å². The minimum absolute atomic E-state index is 0.707. The highest BCUT2D eigenvalue weighted by Gasteiger charge is 2.38. The molecule has 0 aromatic rings. The average molecular weight is 213 g/mol. The van der Waals surface area contributed by atoms with Crippen LogP contribution < -0.4 is 0 Å². The minimum atomic E-state index is 0.707. The molecule has 1 aliphatic rings. The first-order valence-electron chi connectivity index (χ1n) is 5.58. The molecule has 0 saturated carbocycles. The summed E-state index contributed by atoms with van der Waals surface area (Å²) in [6.07, 6.45) is 4.80. The lowest BCUT2D eigenvalue weighted by Crippen LogP contribution is -2.25. The van der Waals surface area contributed by atoms with E-state index in [2.05, 4.69) is 37.9 Å². The van der Waals surface area contributed by atoms with E-state index in [0.717, 1.165) is 12.0 Å². The molecular weight excluding hydrogens is 190 g/mol. The molecular formula is C12H23NS. The maximum absolute atomic E-state index is 4.11. The monoisotopic (exact) mass is 213 g/mol. The zero-order valence-corrected chi connectivity index (χ0v) is 10.7. The average Bonchev–Trinajstić information content (AvgIpc) is 2.45. The Labute approximate surface area is 93.1 Å². The Hall–Kier alpha value is 0.0500. The maximum atomic E-state index is 4.11. The molecule has 0 bridgehead atoms. The van der Waals surface area contributed by atoms with E-state index < -0.39 is 0 Å². The molecule has 0 radical (unpaired) electrons. The number of nitrogens with zero attached hydrogens (tertiary/aromatic N) is 1. The lowest BCUT2D eigenvalue weighted by molar-refractivity contribution is 0.346. The van der Waals surface area contributed by atoms with Crippen molar-refractivity contribution in [3.8, 4) is 0 Å². The smallest absolute Gasteiger partial charge is 0.0234 e. The molecule has 0 aromatic heterocycles. The van der Waals surface area contributed by atoms with Crippen LogP contribution in [0, 0.1) is 11.8 Å². The first-order valence-corrected chi connectivity index (χ1v) is 6.76. The predicted octanol–water partition coefficient (Wildman–Crippen LogP) is 3.58. The van der Waals surface area contributed by atoms with E-state index >= 15 is 0 Å². The number of hydrogen-bond donors (Lipinski definition) is 0. The Morgan fingerprint density at radius 1 is 1.57 bits per heavy atom. The molecule has 0 amide bonds. The van der Waals surface area contributed by atoms with Crippen LogP contribution in [0.2, 0.25) is 0 Å². The summed E-state index contributed by atoms with van der Waals surface area (Å²) in [5.74, 6) is 1.49. The molecule has 82 valence electrons. The van der Waals surface area contributed by atoms with Gasteiger partial charge < -0.3 is 0 Å². The standard InChI is InChI=1S/C12H23NS/c1-6-7-12-10(4)11(9(2)3)8-13(12)14-5/h10-12H,2,6-8H2,1,3-5H3. The van der Waals surface area contributed by atoms with Crippen molar-refractivity contribution in [2.24, 2.45) is 11.8 Å². The molecule has 14 heavy (non-hydrogen) atoms. The highest BCUT2D eigenvalue weighted by atomic mass is 32.2. The van der Waals surface area contributed by atoms with Crippen molar-refractivity contribution < 1.29 is 0 Å². The molecule has 0 N–H and O–H groups in total. The summed E-state index contributed by atoms with van der Waals surface area (Å²) >= 11 is 1.90. The van der Waals surface area contributed by atoms with Crippen LogP contribution in [-0.2, 0) is 0 Å². The zero-order chi connectivity index (χ0) is 10.7. The van der Waals surface area contributed by atoms with Crippen molar-refractivity contribution in [3.63, 3.8) is 0 Å². The quantitative estimate of drug-likeness (QED) is 0.519. The van der Waals surface area contributed by atoms with Crippen LogP contribution in [-0.4, -0.2) is 23.1 Å². The Kier molecular flexibility index (Phi) is 4.52. The van der Waals surface area contributed by atoms with E-state index in [4.69, 9.17) is 0 Å². The van der Waals surface area contributed by atoms with Gasteiger partial charge in [-0.2, -0.15) is 0 Å². The fourth-order valence-electron chi connectivity index (χ4n) is 2.54. The summed E-state index contributed by atoms with van der Waals surface area (Å²) < 4.78 is 2.55. The van der Waals surface area contributed by atoms with Gasteiger partial charge in [0.05, 0.1) is 0 Å². The second-order valence-corrected chi connectivity index (χ2v) is 5.28. The summed E-state index contributed by atoms with van der Waals surface area (Å²) in [4.78, 5) is 0. The van der Waals surface area contributed by atoms with Gasteiger partial charge in [-0.1, -0.05) is 44.4 Å². The second kappa shape index (κ2) is 5.22. The van der Waals surface area contributed by atoms with Crippen LogP contribution in [0.4, 0.5) is 0 Å². The highest BCUT2D eigenvalue weighted by molar-refractivity contribution is 7.96. The molecule has 1 nitrogen and oxygen atoms in total. The molecule has 0 spiro atoms. The molecule has 1 rings (SSSR count). The molecule has 2 heteroatoms. The van der Waals surface area contributed by atoms with Gasteiger partial charge in [-0.25, -0.2) is 4.31 Å². The van der Waals surface area contributed by atoms with Crippen LogP contribution in [0.3, 0.4) is 0 Å². The van der Waals surface area contributed by atoms with E-state index in [0.29, 0.717) is 5.92 Å². The summed E-state index contributed by atoms with van der Waals surface area (Å²) in [6.45, 7) is 12.1. The summed E-state index contributed by atoms with van der Waals surface area (Å²) in [5, 5.41) is 0. The zero-order valence-electron chi connectivity index (χ0n) is 9.92. The van der Waals surface area contributed by atoms with Gasteiger partial charge in [0.1, 0.15) is 0 Å². The van der Waals surface area contributed by atoms with Crippen LogP contribution in [0.25, 0.3) is 0 Å². The van der Waals surface area contributed by atoms with Crippen molar-refractivity contribution in [2.45, 2.75) is 39.7 Å². The van der Waals surface area contributed by atoms with Crippen molar-refractivity contribution in [3.05, 3.63) is 12.2 Å². The lowest BCUT2D eigenvalue weighted by Gasteiger charge is -2.24. The van der Waals surface area contributed by atoms with Crippen LogP contribution in [0.1, 0.15) is 33.6 Å². The van der Waals surface area contributed by atoms with E-state index in [1.165, 1.54) is 25.0 Å². The molecule has 3 unspecified atom stereocenters. The molecule has 0 aliphatic carbocycles. The molecule has 1 heterocycles. The molecule has 1 saturated heterocycles. The van der Waals surface area contributed by atoms with Gasteiger partial charge in [-0.15, -0.1) is 0 Å². The second-order valence-electron chi connectivity index (χ2n) is 4.45. The summed E-state index contributed by atoms with van der Waals surface area (Å²) in [5.41, 5.74) is 1.36. The highest BCUT2D eigenvalue weighted by Crippen LogP contribution is 2.38. The van der Waals surface area contributed by atoms with Gasteiger partial charge in [0.15, 0.2) is 0 Å². The Bertz CT molecular complexity index is 202. The van der Waals surface area contributed by atoms with Crippen LogP contribution in [0.5, 0.6) is 0 Å². The molecule has 3 atom stereocenters. The fraction of sp³-hybridized carbons (Fsp3) is 0.833. The van der Waals surface area contributed by atoms with Gasteiger partial charge in [0, 0.05) is 12.6 Å². The lowest BCUT2D eigenvalue weighted by atomic mass is 9.86. The van der Waals surface area contributed by atoms with Crippen molar-refractivity contribution in [1.82, 2.24) is 4.31 Å². The molecule has 1 fully saturated rings. The topological polar surface area (TPSA) is 3.24 Å². The summed E-state index contributed by atoms with van der Waals surface area (Å²) in [6, 6.07) is 0.761. The largest absolute Gasteiger partial charge is 0.247 e. The van der Waals surface area contributed by atoms with Gasteiger partial charge in [0.25, 0.3) is 0 Å². The fourth-order valence-corrected chi connectivity index (χ4v) is 3.42. The summed E-state index contributed by atoms with van der Waals surface area (Å²) in [7, 11) is 0. The SMILES string of the molecule is C=C(C)C1CN(SC)C(CCC)C1C. The van der Waals surface area contributed by atoms with Gasteiger partial charge in [-0.05, 0) is 31.4 Å². The Morgan fingerprint density at radius 2 is 2.21 bits per heavy atom. The van der Waals surface area contributed by atoms with E-state index in [9.17, 15) is 0 Å².